The quantitative estimate of drug-likeness (QED) is 0.308. The lowest BCUT2D eigenvalue weighted by Gasteiger charge is -2.22. The molecule has 1 atom stereocenters. The van der Waals surface area contributed by atoms with Gasteiger partial charge in [-0.2, -0.15) is 0 Å². The molecule has 0 fully saturated rings. The maximum atomic E-state index is 12.9. The molecule has 0 spiro atoms. The van der Waals surface area contributed by atoms with Crippen molar-refractivity contribution in [2.24, 2.45) is 0 Å². The van der Waals surface area contributed by atoms with E-state index in [0.717, 1.165) is 5.56 Å². The first-order valence-electron chi connectivity index (χ1n) is 12.2. The smallest absolute Gasteiger partial charge is 0.193 e. The molecule has 0 aliphatic carbocycles. The van der Waals surface area contributed by atoms with E-state index in [0.29, 0.717) is 52.7 Å². The molecule has 0 radical (unpaired) electrons. The molecule has 7 heteroatoms. The molecule has 0 saturated carbocycles. The number of hydrogen-bond acceptors (Lipinski definition) is 7. The van der Waals surface area contributed by atoms with E-state index in [1.807, 2.05) is 57.2 Å². The molecule has 3 aromatic carbocycles. The first-order chi connectivity index (χ1) is 17.7. The molecule has 0 saturated heterocycles. The third-order valence-electron chi connectivity index (χ3n) is 5.66. The van der Waals surface area contributed by atoms with Gasteiger partial charge in [-0.3, -0.25) is 4.79 Å². The molecular weight excluding hydrogens is 470 g/mol. The molecule has 37 heavy (non-hydrogen) atoms. The lowest BCUT2D eigenvalue weighted by atomic mass is 10.1. The lowest BCUT2D eigenvalue weighted by molar-refractivity contribution is 0.100. The summed E-state index contributed by atoms with van der Waals surface area (Å²) in [5.41, 5.74) is 1.80. The van der Waals surface area contributed by atoms with Gasteiger partial charge in [0.05, 0.1) is 12.5 Å². The van der Waals surface area contributed by atoms with Crippen molar-refractivity contribution >= 4 is 11.0 Å². The summed E-state index contributed by atoms with van der Waals surface area (Å²) in [6, 6.07) is 21.7. The van der Waals surface area contributed by atoms with Crippen LogP contribution in [0.4, 0.5) is 0 Å². The zero-order valence-electron chi connectivity index (χ0n) is 21.6. The summed E-state index contributed by atoms with van der Waals surface area (Å²) in [5, 5.41) is 13.9. The zero-order chi connectivity index (χ0) is 26.4. The van der Waals surface area contributed by atoms with E-state index in [1.54, 1.807) is 37.4 Å². The number of methoxy groups -OCH3 is 1. The van der Waals surface area contributed by atoms with Crippen LogP contribution in [0, 0.1) is 0 Å². The van der Waals surface area contributed by atoms with Crippen LogP contribution in [0.2, 0.25) is 0 Å². The van der Waals surface area contributed by atoms with E-state index < -0.39 is 6.10 Å². The minimum absolute atomic E-state index is 0.101. The van der Waals surface area contributed by atoms with E-state index in [1.165, 1.54) is 6.07 Å². The number of fused-ring (bicyclic) bond motifs is 1. The molecule has 194 valence electrons. The number of β-amino-alcohol motifs (C(OH)–C–C–N with tert-alkyl or cyclic N) is 1. The molecule has 0 amide bonds. The van der Waals surface area contributed by atoms with Crippen molar-refractivity contribution < 1.29 is 23.7 Å². The number of rotatable bonds is 10. The molecule has 1 unspecified atom stereocenters. The van der Waals surface area contributed by atoms with Crippen LogP contribution in [-0.4, -0.2) is 37.0 Å². The van der Waals surface area contributed by atoms with Crippen molar-refractivity contribution in [2.45, 2.75) is 39.0 Å². The molecule has 4 aromatic rings. The van der Waals surface area contributed by atoms with Gasteiger partial charge in [-0.1, -0.05) is 30.3 Å². The first kappa shape index (κ1) is 26.3. The summed E-state index contributed by atoms with van der Waals surface area (Å²) < 4.78 is 23.3. The van der Waals surface area contributed by atoms with E-state index in [4.69, 9.17) is 18.6 Å². The lowest BCUT2D eigenvalue weighted by Crippen LogP contribution is -2.42. The fourth-order valence-corrected chi connectivity index (χ4v) is 3.70. The van der Waals surface area contributed by atoms with Gasteiger partial charge in [0, 0.05) is 35.8 Å². The molecule has 7 nitrogen and oxygen atoms in total. The Morgan fingerprint density at radius 1 is 0.919 bits per heavy atom. The molecule has 0 aliphatic rings. The Morgan fingerprint density at radius 2 is 1.68 bits per heavy atom. The summed E-state index contributed by atoms with van der Waals surface area (Å²) in [6.07, 6.45) is -0.681. The second kappa shape index (κ2) is 11.5. The summed E-state index contributed by atoms with van der Waals surface area (Å²) >= 11 is 0. The Labute approximate surface area is 216 Å². The summed E-state index contributed by atoms with van der Waals surface area (Å²) in [4.78, 5) is 12.9. The highest BCUT2D eigenvalue weighted by atomic mass is 16.5. The predicted molar refractivity (Wildman–Crippen MR) is 145 cm³/mol. The van der Waals surface area contributed by atoms with Gasteiger partial charge >= 0.3 is 0 Å². The van der Waals surface area contributed by atoms with Crippen molar-refractivity contribution in [3.05, 3.63) is 88.6 Å². The van der Waals surface area contributed by atoms with Gasteiger partial charge in [0.2, 0.25) is 0 Å². The minimum atomic E-state index is -0.681. The molecule has 1 heterocycles. The van der Waals surface area contributed by atoms with Crippen LogP contribution in [0.5, 0.6) is 17.2 Å². The van der Waals surface area contributed by atoms with Crippen LogP contribution in [-0.2, 0) is 6.61 Å². The van der Waals surface area contributed by atoms with Crippen molar-refractivity contribution in [3.8, 4) is 28.6 Å². The van der Waals surface area contributed by atoms with Crippen LogP contribution in [0.3, 0.4) is 0 Å². The van der Waals surface area contributed by atoms with E-state index in [9.17, 15) is 9.90 Å². The fraction of sp³-hybridized carbons (Fsp3) is 0.300. The van der Waals surface area contributed by atoms with Gasteiger partial charge in [0.15, 0.2) is 5.43 Å². The number of ether oxygens (including phenoxy) is 3. The van der Waals surface area contributed by atoms with Crippen molar-refractivity contribution in [2.75, 3.05) is 20.3 Å². The summed E-state index contributed by atoms with van der Waals surface area (Å²) in [7, 11) is 1.58. The van der Waals surface area contributed by atoms with E-state index in [2.05, 4.69) is 5.32 Å². The third-order valence-corrected chi connectivity index (χ3v) is 5.66. The standard InChI is InChI=1S/C30H33NO6/c1-30(2,3)31-17-22(32)19-36-23-10-11-26-27(33)16-28(37-29(26)15-23)21-12-24(34-4)14-25(13-21)35-18-20-8-6-5-7-9-20/h5-16,22,31-32H,17-19H2,1-4H3. The Hall–Kier alpha value is -3.81. The normalized spacial score (nSPS) is 12.4. The Bertz CT molecular complexity index is 1390. The number of nitrogens with one attached hydrogen (secondary N) is 1. The molecular formula is C30H33NO6. The average molecular weight is 504 g/mol. The van der Waals surface area contributed by atoms with Crippen LogP contribution in [0.15, 0.2) is 82.0 Å². The summed E-state index contributed by atoms with van der Waals surface area (Å²) in [6.45, 7) is 7.00. The van der Waals surface area contributed by atoms with Crippen molar-refractivity contribution in [3.63, 3.8) is 0 Å². The van der Waals surface area contributed by atoms with Gasteiger partial charge in [-0.25, -0.2) is 0 Å². The molecule has 2 N–H and O–H groups in total. The maximum absolute atomic E-state index is 12.9. The van der Waals surface area contributed by atoms with Gasteiger partial charge in [-0.15, -0.1) is 0 Å². The highest BCUT2D eigenvalue weighted by Gasteiger charge is 2.14. The Balaban J connectivity index is 1.56. The second-order valence-corrected chi connectivity index (χ2v) is 9.90. The van der Waals surface area contributed by atoms with Gasteiger partial charge < -0.3 is 29.1 Å². The van der Waals surface area contributed by atoms with E-state index >= 15 is 0 Å². The van der Waals surface area contributed by atoms with Gasteiger partial charge in [0.1, 0.15) is 47.9 Å². The van der Waals surface area contributed by atoms with Crippen molar-refractivity contribution in [1.82, 2.24) is 5.32 Å². The van der Waals surface area contributed by atoms with E-state index in [-0.39, 0.29) is 17.6 Å². The topological polar surface area (TPSA) is 90.2 Å². The average Bonchev–Trinajstić information content (AvgIpc) is 2.89. The highest BCUT2D eigenvalue weighted by Crippen LogP contribution is 2.32. The van der Waals surface area contributed by atoms with Gasteiger partial charge in [0.25, 0.3) is 0 Å². The predicted octanol–water partition coefficient (Wildman–Crippen LogP) is 5.18. The maximum Gasteiger partial charge on any atom is 0.193 e. The van der Waals surface area contributed by atoms with Crippen LogP contribution >= 0.6 is 0 Å². The molecule has 4 rings (SSSR count). The third kappa shape index (κ3) is 7.35. The van der Waals surface area contributed by atoms with Crippen LogP contribution in [0.25, 0.3) is 22.3 Å². The number of hydrogen-bond donors (Lipinski definition) is 2. The summed E-state index contributed by atoms with van der Waals surface area (Å²) in [5.74, 6) is 2.06. The number of benzene rings is 3. The van der Waals surface area contributed by atoms with Crippen molar-refractivity contribution in [1.29, 1.82) is 0 Å². The monoisotopic (exact) mass is 503 g/mol. The molecule has 0 bridgehead atoms. The molecule has 1 aromatic heterocycles. The Kier molecular flexibility index (Phi) is 8.16. The fourth-order valence-electron chi connectivity index (χ4n) is 3.70. The first-order valence-corrected chi connectivity index (χ1v) is 12.2. The zero-order valence-corrected chi connectivity index (χ0v) is 21.6. The SMILES string of the molecule is COc1cc(OCc2ccccc2)cc(-c2cc(=O)c3ccc(OCC(O)CNC(C)(C)C)cc3o2)c1. The van der Waals surface area contributed by atoms with Crippen LogP contribution < -0.4 is 25.0 Å². The molecule has 0 aliphatic heterocycles. The van der Waals surface area contributed by atoms with Gasteiger partial charge in [-0.05, 0) is 50.6 Å². The number of aliphatic hydroxyl groups excluding tert-OH is 1. The largest absolute Gasteiger partial charge is 0.497 e. The second-order valence-electron chi connectivity index (χ2n) is 9.90. The highest BCUT2D eigenvalue weighted by molar-refractivity contribution is 5.80. The Morgan fingerprint density at radius 3 is 2.41 bits per heavy atom. The minimum Gasteiger partial charge on any atom is -0.497 e. The number of aliphatic hydroxyl groups is 1. The van der Waals surface area contributed by atoms with Crippen LogP contribution in [0.1, 0.15) is 26.3 Å².